The molecule has 198 valence electrons. The van der Waals surface area contributed by atoms with Crippen LogP contribution in [0.2, 0.25) is 0 Å². The van der Waals surface area contributed by atoms with E-state index < -0.39 is 0 Å². The molecule has 1 aromatic heterocycles. The van der Waals surface area contributed by atoms with Crippen molar-refractivity contribution in [2.45, 2.75) is 31.7 Å². The number of amides is 1. The molecule has 1 aliphatic rings. The van der Waals surface area contributed by atoms with Gasteiger partial charge in [0.15, 0.2) is 0 Å². The minimum Gasteiger partial charge on any atom is -0.355 e. The van der Waals surface area contributed by atoms with Gasteiger partial charge in [-0.05, 0) is 48.2 Å². The zero-order valence-electron chi connectivity index (χ0n) is 22.2. The molecule has 1 amide bonds. The number of rotatable bonds is 10. The molecule has 3 aromatic carbocycles. The van der Waals surface area contributed by atoms with Crippen LogP contribution in [0.15, 0.2) is 97.5 Å². The average Bonchev–Trinajstić information content (AvgIpc) is 3.44. The van der Waals surface area contributed by atoms with E-state index in [2.05, 4.69) is 86.5 Å². The molecule has 0 radical (unpaired) electrons. The topological polar surface area (TPSA) is 74.0 Å². The van der Waals surface area contributed by atoms with Gasteiger partial charge in [-0.3, -0.25) is 4.79 Å². The maximum Gasteiger partial charge on any atom is 0.224 e. The van der Waals surface area contributed by atoms with E-state index in [1.54, 1.807) is 0 Å². The van der Waals surface area contributed by atoms with Gasteiger partial charge >= 0.3 is 0 Å². The number of aromatic nitrogens is 2. The maximum atomic E-state index is 13.1. The van der Waals surface area contributed by atoms with Crippen LogP contribution < -0.4 is 5.32 Å². The molecule has 0 spiro atoms. The van der Waals surface area contributed by atoms with Crippen molar-refractivity contribution in [3.8, 4) is 6.07 Å². The van der Waals surface area contributed by atoms with E-state index in [0.29, 0.717) is 18.7 Å². The highest BCUT2D eigenvalue weighted by Gasteiger charge is 2.28. The first kappa shape index (κ1) is 26.4. The van der Waals surface area contributed by atoms with Crippen molar-refractivity contribution in [3.05, 3.63) is 125 Å². The van der Waals surface area contributed by atoms with Crippen molar-refractivity contribution in [3.63, 3.8) is 0 Å². The highest BCUT2D eigenvalue weighted by molar-refractivity contribution is 5.79. The lowest BCUT2D eigenvalue weighted by atomic mass is 9.89. The summed E-state index contributed by atoms with van der Waals surface area (Å²) in [6, 6.07) is 31.1. The fourth-order valence-corrected chi connectivity index (χ4v) is 5.51. The Bertz CT molecular complexity index is 1340. The average molecular weight is 518 g/mol. The molecule has 5 rings (SSSR count). The molecule has 1 atom stereocenters. The zero-order chi connectivity index (χ0) is 26.9. The summed E-state index contributed by atoms with van der Waals surface area (Å²) in [4.78, 5) is 19.9. The Kier molecular flexibility index (Phi) is 8.82. The van der Waals surface area contributed by atoms with E-state index in [1.165, 1.54) is 11.1 Å². The lowest BCUT2D eigenvalue weighted by molar-refractivity contribution is -0.126. The standard InChI is InChI=1S/C33H35N5O/c34-20-26-13-15-27(16-14-26)22-38-25-35-21-31(38)17-18-36-33(39)30-12-7-19-37(23-30)24-32(28-8-3-1-4-9-28)29-10-5-2-6-11-29/h1-6,8-11,13-16,21,25,30,32H,7,12,17-19,22-24H2,(H,36,39)/t30-/m0/s1. The van der Waals surface area contributed by atoms with Crippen LogP contribution in [0.5, 0.6) is 0 Å². The van der Waals surface area contributed by atoms with Crippen LogP contribution in [0.25, 0.3) is 0 Å². The second kappa shape index (κ2) is 13.0. The molecular formula is C33H35N5O. The van der Waals surface area contributed by atoms with E-state index in [4.69, 9.17) is 5.26 Å². The van der Waals surface area contributed by atoms with Crippen molar-refractivity contribution in [2.24, 2.45) is 5.92 Å². The first-order chi connectivity index (χ1) is 19.2. The molecule has 1 N–H and O–H groups in total. The number of benzene rings is 3. The maximum absolute atomic E-state index is 13.1. The van der Waals surface area contributed by atoms with Crippen LogP contribution in [0.1, 0.15) is 46.7 Å². The Balaban J connectivity index is 1.15. The SMILES string of the molecule is N#Cc1ccc(Cn2cncc2CCNC(=O)[C@H]2CCCN(CC(c3ccccc3)c3ccccc3)C2)cc1. The van der Waals surface area contributed by atoms with Gasteiger partial charge in [-0.1, -0.05) is 72.8 Å². The molecule has 4 aromatic rings. The van der Waals surface area contributed by atoms with Crippen molar-refractivity contribution in [1.82, 2.24) is 19.8 Å². The predicted molar refractivity (Wildman–Crippen MR) is 153 cm³/mol. The lowest BCUT2D eigenvalue weighted by Crippen LogP contribution is -2.44. The Morgan fingerprint density at radius 3 is 2.36 bits per heavy atom. The number of hydrogen-bond acceptors (Lipinski definition) is 4. The summed E-state index contributed by atoms with van der Waals surface area (Å²) in [5.74, 6) is 0.439. The van der Waals surface area contributed by atoms with Gasteiger partial charge < -0.3 is 14.8 Å². The third kappa shape index (κ3) is 7.01. The van der Waals surface area contributed by atoms with Crippen LogP contribution in [0, 0.1) is 17.2 Å². The summed E-state index contributed by atoms with van der Waals surface area (Å²) in [5, 5.41) is 12.2. The van der Waals surface area contributed by atoms with Gasteiger partial charge in [0, 0.05) is 50.4 Å². The molecule has 39 heavy (non-hydrogen) atoms. The third-order valence-corrected chi connectivity index (χ3v) is 7.64. The number of carbonyl (C=O) groups is 1. The van der Waals surface area contributed by atoms with E-state index in [0.717, 1.165) is 50.2 Å². The molecular weight excluding hydrogens is 482 g/mol. The largest absolute Gasteiger partial charge is 0.355 e. The summed E-state index contributed by atoms with van der Waals surface area (Å²) >= 11 is 0. The van der Waals surface area contributed by atoms with Crippen molar-refractivity contribution in [1.29, 1.82) is 5.26 Å². The monoisotopic (exact) mass is 517 g/mol. The van der Waals surface area contributed by atoms with Gasteiger partial charge in [-0.2, -0.15) is 5.26 Å². The molecule has 1 fully saturated rings. The quantitative estimate of drug-likeness (QED) is 0.321. The molecule has 2 heterocycles. The van der Waals surface area contributed by atoms with Gasteiger partial charge in [0.1, 0.15) is 0 Å². The van der Waals surface area contributed by atoms with E-state index in [9.17, 15) is 4.79 Å². The Morgan fingerprint density at radius 1 is 1.00 bits per heavy atom. The van der Waals surface area contributed by atoms with Gasteiger partial charge in [0.2, 0.25) is 5.91 Å². The number of nitrogens with one attached hydrogen (secondary N) is 1. The number of nitrogens with zero attached hydrogens (tertiary/aromatic N) is 4. The van der Waals surface area contributed by atoms with Crippen LogP contribution >= 0.6 is 0 Å². The van der Waals surface area contributed by atoms with Gasteiger partial charge in [0.25, 0.3) is 0 Å². The second-order valence-corrected chi connectivity index (χ2v) is 10.3. The minimum absolute atomic E-state index is 0.00880. The number of imidazole rings is 1. The molecule has 1 saturated heterocycles. The number of hydrogen-bond donors (Lipinski definition) is 1. The van der Waals surface area contributed by atoms with E-state index in [-0.39, 0.29) is 17.7 Å². The third-order valence-electron chi connectivity index (χ3n) is 7.64. The normalized spacial score (nSPS) is 15.6. The van der Waals surface area contributed by atoms with Gasteiger partial charge in [-0.15, -0.1) is 0 Å². The molecule has 0 unspecified atom stereocenters. The van der Waals surface area contributed by atoms with Crippen molar-refractivity contribution >= 4 is 5.91 Å². The van der Waals surface area contributed by atoms with E-state index >= 15 is 0 Å². The van der Waals surface area contributed by atoms with Gasteiger partial charge in [-0.25, -0.2) is 4.98 Å². The first-order valence-electron chi connectivity index (χ1n) is 13.8. The minimum atomic E-state index is 0.00880. The van der Waals surface area contributed by atoms with Crippen molar-refractivity contribution in [2.75, 3.05) is 26.2 Å². The molecule has 1 aliphatic heterocycles. The summed E-state index contributed by atoms with van der Waals surface area (Å²) in [5.41, 5.74) is 5.48. The highest BCUT2D eigenvalue weighted by atomic mass is 16.1. The molecule has 0 bridgehead atoms. The number of piperidine rings is 1. The number of carbonyl (C=O) groups excluding carboxylic acids is 1. The Labute approximate surface area is 230 Å². The summed E-state index contributed by atoms with van der Waals surface area (Å²) < 4.78 is 2.10. The first-order valence-corrected chi connectivity index (χ1v) is 13.8. The molecule has 6 nitrogen and oxygen atoms in total. The van der Waals surface area contributed by atoms with Crippen LogP contribution in [-0.4, -0.2) is 46.5 Å². The number of nitriles is 1. The van der Waals surface area contributed by atoms with E-state index in [1.807, 2.05) is 36.8 Å². The van der Waals surface area contributed by atoms with Crippen LogP contribution in [-0.2, 0) is 17.8 Å². The summed E-state index contributed by atoms with van der Waals surface area (Å²) in [6.45, 7) is 4.00. The molecule has 0 aliphatic carbocycles. The summed E-state index contributed by atoms with van der Waals surface area (Å²) in [6.07, 6.45) is 6.38. The fraction of sp³-hybridized carbons (Fsp3) is 0.303. The Morgan fingerprint density at radius 2 is 1.69 bits per heavy atom. The smallest absolute Gasteiger partial charge is 0.224 e. The van der Waals surface area contributed by atoms with Gasteiger partial charge in [0.05, 0.1) is 23.9 Å². The summed E-state index contributed by atoms with van der Waals surface area (Å²) in [7, 11) is 0. The lowest BCUT2D eigenvalue weighted by Gasteiger charge is -2.34. The fourth-order valence-electron chi connectivity index (χ4n) is 5.51. The predicted octanol–water partition coefficient (Wildman–Crippen LogP) is 5.01. The second-order valence-electron chi connectivity index (χ2n) is 10.3. The van der Waals surface area contributed by atoms with Crippen molar-refractivity contribution < 1.29 is 4.79 Å². The van der Waals surface area contributed by atoms with Crippen LogP contribution in [0.4, 0.5) is 0 Å². The Hall–Kier alpha value is -4.21. The number of likely N-dealkylation sites (tertiary alicyclic amines) is 1. The molecule has 6 heteroatoms. The van der Waals surface area contributed by atoms with Crippen LogP contribution in [0.3, 0.4) is 0 Å². The highest BCUT2D eigenvalue weighted by Crippen LogP contribution is 2.28. The zero-order valence-corrected chi connectivity index (χ0v) is 22.2. The molecule has 0 saturated carbocycles.